The molecule has 0 bridgehead atoms. The molecule has 0 saturated heterocycles. The molecule has 4 aromatic rings. The van der Waals surface area contributed by atoms with E-state index in [1.54, 1.807) is 48.5 Å². The van der Waals surface area contributed by atoms with E-state index in [2.05, 4.69) is 14.7 Å². The molecule has 0 aliphatic carbocycles. The van der Waals surface area contributed by atoms with Gasteiger partial charge in [0.2, 0.25) is 10.0 Å². The quantitative estimate of drug-likeness (QED) is 0.195. The van der Waals surface area contributed by atoms with Gasteiger partial charge in [0.15, 0.2) is 11.6 Å². The fourth-order valence-electron chi connectivity index (χ4n) is 3.26. The highest BCUT2D eigenvalue weighted by Crippen LogP contribution is 2.19. The molecule has 0 amide bonds. The second-order valence-electron chi connectivity index (χ2n) is 7.45. The average molecular weight is 489 g/mol. The summed E-state index contributed by atoms with van der Waals surface area (Å²) in [6, 6.07) is 23.3. The summed E-state index contributed by atoms with van der Waals surface area (Å²) >= 11 is 0. The molecule has 3 N–H and O–H groups in total. The van der Waals surface area contributed by atoms with Gasteiger partial charge in [-0.15, -0.1) is 0 Å². The Hall–Kier alpha value is -4.46. The van der Waals surface area contributed by atoms with Crippen molar-refractivity contribution in [2.45, 2.75) is 11.4 Å². The van der Waals surface area contributed by atoms with Crippen LogP contribution in [0.25, 0.3) is 16.6 Å². The molecule has 10 heteroatoms. The van der Waals surface area contributed by atoms with Crippen LogP contribution in [-0.2, 0) is 21.3 Å². The van der Waals surface area contributed by atoms with Crippen LogP contribution in [0.1, 0.15) is 21.7 Å². The highest BCUT2D eigenvalue weighted by Gasteiger charge is 2.19. The molecule has 0 fully saturated rings. The number of imidazole rings is 1. The minimum Gasteiger partial charge on any atom is -0.507 e. The molecule has 4 rings (SSSR count). The molecule has 0 aliphatic heterocycles. The molecule has 35 heavy (non-hydrogen) atoms. The number of aromatic nitrogens is 2. The largest absolute Gasteiger partial charge is 0.507 e. The third-order valence-electron chi connectivity index (χ3n) is 5.06. The second-order valence-corrected chi connectivity index (χ2v) is 9.22. The second kappa shape index (κ2) is 10.2. The maximum atomic E-state index is 12.6. The summed E-state index contributed by atoms with van der Waals surface area (Å²) in [4.78, 5) is 19.6. The maximum Gasteiger partial charge on any atom is 0.338 e. The van der Waals surface area contributed by atoms with Gasteiger partial charge in [-0.2, -0.15) is 5.26 Å². The first-order chi connectivity index (χ1) is 16.9. The number of fused-ring (bicyclic) bond motifs is 1. The minimum absolute atomic E-state index is 0.0253. The van der Waals surface area contributed by atoms with Crippen LogP contribution in [0.4, 0.5) is 0 Å². The van der Waals surface area contributed by atoms with E-state index in [9.17, 15) is 23.6 Å². The summed E-state index contributed by atoms with van der Waals surface area (Å²) in [5.41, 5.74) is 1.88. The van der Waals surface area contributed by atoms with Crippen LogP contribution in [-0.4, -0.2) is 36.1 Å². The molecule has 0 saturated carbocycles. The van der Waals surface area contributed by atoms with Crippen LogP contribution in [0.5, 0.6) is 0 Å². The number of para-hydroxylation sites is 2. The first-order valence-corrected chi connectivity index (χ1v) is 11.9. The van der Waals surface area contributed by atoms with Gasteiger partial charge < -0.3 is 14.8 Å². The number of nitrogens with zero attached hydrogens (tertiary/aromatic N) is 2. The molecule has 0 aliphatic rings. The molecule has 9 nitrogen and oxygen atoms in total. The van der Waals surface area contributed by atoms with Gasteiger partial charge in [-0.05, 0) is 35.9 Å². The van der Waals surface area contributed by atoms with E-state index in [0.29, 0.717) is 11.0 Å². The van der Waals surface area contributed by atoms with E-state index in [1.165, 1.54) is 24.3 Å². The molecule has 176 valence electrons. The lowest BCUT2D eigenvalue weighted by Crippen LogP contribution is -2.23. The van der Waals surface area contributed by atoms with Crippen LogP contribution in [0.3, 0.4) is 0 Å². The SMILES string of the molecule is N#C/C(=C(\O)COC(=O)c1cccc(S(=O)(=O)NCc2ccccc2)c1)c1nc2ccccc2[nH]1. The standard InChI is InChI=1S/C25H20N4O5S/c26-14-20(24-28-21-11-4-5-12-22(21)29-24)23(30)16-34-25(31)18-9-6-10-19(13-18)35(32,33)27-15-17-7-2-1-3-8-17/h1-13,27,30H,15-16H2,(H,28,29)/b23-20+. The lowest BCUT2D eigenvalue weighted by Gasteiger charge is -2.09. The van der Waals surface area contributed by atoms with Gasteiger partial charge in [0, 0.05) is 6.54 Å². The minimum atomic E-state index is -3.88. The predicted molar refractivity (Wildman–Crippen MR) is 128 cm³/mol. The van der Waals surface area contributed by atoms with E-state index in [0.717, 1.165) is 5.56 Å². The number of sulfonamides is 1. The van der Waals surface area contributed by atoms with Gasteiger partial charge in [-0.3, -0.25) is 0 Å². The van der Waals surface area contributed by atoms with Gasteiger partial charge >= 0.3 is 5.97 Å². The van der Waals surface area contributed by atoms with Gasteiger partial charge in [-0.1, -0.05) is 48.5 Å². The van der Waals surface area contributed by atoms with Crippen molar-refractivity contribution in [3.63, 3.8) is 0 Å². The van der Waals surface area contributed by atoms with Crippen molar-refractivity contribution < 1.29 is 23.1 Å². The summed E-state index contributed by atoms with van der Waals surface area (Å²) in [5.74, 6) is -1.22. The van der Waals surface area contributed by atoms with Crippen molar-refractivity contribution >= 4 is 32.6 Å². The Morgan fingerprint density at radius 2 is 1.80 bits per heavy atom. The number of hydrogen-bond donors (Lipinski definition) is 3. The van der Waals surface area contributed by atoms with Crippen LogP contribution >= 0.6 is 0 Å². The number of aliphatic hydroxyl groups excluding tert-OH is 1. The number of hydrogen-bond acceptors (Lipinski definition) is 7. The Kier molecular flexibility index (Phi) is 6.91. The molecule has 1 aromatic heterocycles. The number of nitrogens with one attached hydrogen (secondary N) is 2. The number of H-pyrrole nitrogens is 1. The van der Waals surface area contributed by atoms with Crippen molar-refractivity contribution in [1.29, 1.82) is 5.26 Å². The van der Waals surface area contributed by atoms with E-state index >= 15 is 0 Å². The van der Waals surface area contributed by atoms with Crippen molar-refractivity contribution in [2.75, 3.05) is 6.61 Å². The molecular weight excluding hydrogens is 468 g/mol. The summed E-state index contributed by atoms with van der Waals surface area (Å²) in [7, 11) is -3.88. The highest BCUT2D eigenvalue weighted by atomic mass is 32.2. The zero-order valence-electron chi connectivity index (χ0n) is 18.3. The number of carbonyl (C=O) groups is 1. The first-order valence-electron chi connectivity index (χ1n) is 10.5. The van der Waals surface area contributed by atoms with Crippen LogP contribution in [0.15, 0.2) is 89.5 Å². The Morgan fingerprint density at radius 3 is 2.54 bits per heavy atom. The molecular formula is C25H20N4O5S. The van der Waals surface area contributed by atoms with Gasteiger partial charge in [0.25, 0.3) is 0 Å². The van der Waals surface area contributed by atoms with Crippen molar-refractivity contribution in [3.8, 4) is 6.07 Å². The molecule has 0 spiro atoms. The summed E-state index contributed by atoms with van der Waals surface area (Å²) < 4.78 is 32.9. The van der Waals surface area contributed by atoms with Crippen LogP contribution < -0.4 is 4.72 Å². The number of esters is 1. The number of ether oxygens (including phenoxy) is 1. The number of rotatable bonds is 8. The number of carbonyl (C=O) groups excluding carboxylic acids is 1. The highest BCUT2D eigenvalue weighted by molar-refractivity contribution is 7.89. The Balaban J connectivity index is 1.46. The molecule has 3 aromatic carbocycles. The first kappa shape index (κ1) is 23.7. The molecule has 0 atom stereocenters. The summed E-state index contributed by atoms with van der Waals surface area (Å²) in [6.45, 7) is -0.503. The van der Waals surface area contributed by atoms with Crippen molar-refractivity contribution in [2.24, 2.45) is 0 Å². The summed E-state index contributed by atoms with van der Waals surface area (Å²) in [6.07, 6.45) is 0. The zero-order chi connectivity index (χ0) is 24.8. The van der Waals surface area contributed by atoms with Gasteiger partial charge in [0.05, 0.1) is 21.5 Å². The molecule has 0 unspecified atom stereocenters. The number of nitriles is 1. The number of aromatic amines is 1. The van der Waals surface area contributed by atoms with E-state index in [-0.39, 0.29) is 28.4 Å². The fourth-order valence-corrected chi connectivity index (χ4v) is 4.33. The Morgan fingerprint density at radius 1 is 1.06 bits per heavy atom. The zero-order valence-corrected chi connectivity index (χ0v) is 19.1. The lowest BCUT2D eigenvalue weighted by molar-refractivity contribution is 0.0502. The smallest absolute Gasteiger partial charge is 0.338 e. The van der Waals surface area contributed by atoms with Crippen molar-refractivity contribution in [3.05, 3.63) is 102 Å². The fraction of sp³-hybridized carbons (Fsp3) is 0.0800. The monoisotopic (exact) mass is 488 g/mol. The van der Waals surface area contributed by atoms with E-state index in [4.69, 9.17) is 4.74 Å². The molecule has 1 heterocycles. The topological polar surface area (TPSA) is 145 Å². The summed E-state index contributed by atoms with van der Waals surface area (Å²) in [5, 5.41) is 19.8. The predicted octanol–water partition coefficient (Wildman–Crippen LogP) is 3.69. The maximum absolute atomic E-state index is 12.6. The number of allylic oxidation sites excluding steroid dienone is 1. The van der Waals surface area contributed by atoms with Gasteiger partial charge in [-0.25, -0.2) is 22.9 Å². The van der Waals surface area contributed by atoms with Crippen molar-refractivity contribution in [1.82, 2.24) is 14.7 Å². The molecule has 0 radical (unpaired) electrons. The number of benzene rings is 3. The Bertz CT molecular complexity index is 1520. The van der Waals surface area contributed by atoms with E-state index in [1.807, 2.05) is 12.1 Å². The van der Waals surface area contributed by atoms with E-state index < -0.39 is 28.4 Å². The average Bonchev–Trinajstić information content (AvgIpc) is 3.31. The third-order valence-corrected chi connectivity index (χ3v) is 6.45. The normalized spacial score (nSPS) is 12.1. The lowest BCUT2D eigenvalue weighted by atomic mass is 10.2. The van der Waals surface area contributed by atoms with Crippen LogP contribution in [0, 0.1) is 11.3 Å². The van der Waals surface area contributed by atoms with Crippen LogP contribution in [0.2, 0.25) is 0 Å². The van der Waals surface area contributed by atoms with Gasteiger partial charge in [0.1, 0.15) is 18.2 Å². The third kappa shape index (κ3) is 5.55. The Labute approximate surface area is 201 Å². The number of aliphatic hydroxyl groups is 1.